The van der Waals surface area contributed by atoms with E-state index < -0.39 is 213 Å². The molecule has 3 fully saturated rings. The molecule has 3 heterocycles. The Balaban J connectivity index is 2.15. The van der Waals surface area contributed by atoms with Gasteiger partial charge in [-0.05, 0) is 129 Å². The zero-order valence-electron chi connectivity index (χ0n) is 58.0. The number of nitrogens with two attached hydrogens (primary N) is 5. The SMILES string of the molecule is C[C@@H]1NC(=O)[C@H](CCCCNC(=O)C(N)CO)NC(=O)CNC(=O)[C@@H]2CCCN2C(=O)[C@H](CCCCNC(=O)C(N)CO)NC(=O)[C@H](CCCCNC(=O)C(N)CO)NC(=O)[C@H](CCCCNC(=O)C(N)CO)NC(=O)CNC(=O)[C@@H]2CCCN2C(=O)[C@H](CCCCNC(=O)C(N)CO)NC1=O. The molecule has 0 aliphatic carbocycles. The lowest BCUT2D eigenvalue weighted by Crippen LogP contribution is -2.59. The second-order valence-corrected chi connectivity index (χ2v) is 25.3. The fourth-order valence-electron chi connectivity index (χ4n) is 11.1. The minimum Gasteiger partial charge on any atom is -0.394 e. The van der Waals surface area contributed by atoms with Gasteiger partial charge < -0.3 is 133 Å². The van der Waals surface area contributed by atoms with Crippen molar-refractivity contribution in [3.8, 4) is 0 Å². The first-order valence-electron chi connectivity index (χ1n) is 34.8. The molecule has 3 aliphatic rings. The molecule has 0 aromatic rings. The van der Waals surface area contributed by atoms with Crippen LogP contribution in [-0.4, -0.2) is 294 Å². The van der Waals surface area contributed by atoms with E-state index in [2.05, 4.69) is 69.1 Å². The third-order valence-electron chi connectivity index (χ3n) is 17.2. The molecule has 40 nitrogen and oxygen atoms in total. The molecule has 13 atom stereocenters. The molecule has 5 unspecified atom stereocenters. The van der Waals surface area contributed by atoms with Gasteiger partial charge in [-0.2, -0.15) is 0 Å². The molecule has 0 aromatic heterocycles. The number of carbonyl (C=O) groups excluding carboxylic acids is 15. The highest BCUT2D eigenvalue weighted by atomic mass is 16.3. The molecule has 3 saturated heterocycles. The van der Waals surface area contributed by atoms with Crippen molar-refractivity contribution >= 4 is 88.6 Å². The number of hydrogen-bond donors (Lipinski definition) is 23. The van der Waals surface area contributed by atoms with Gasteiger partial charge in [0.25, 0.3) is 0 Å². The van der Waals surface area contributed by atoms with Crippen molar-refractivity contribution in [2.45, 2.75) is 207 Å². The highest BCUT2D eigenvalue weighted by Gasteiger charge is 2.41. The maximum absolute atomic E-state index is 14.9. The fourth-order valence-corrected chi connectivity index (χ4v) is 11.1. The molecule has 15 amide bonds. The number of aliphatic hydroxyl groups excluding tert-OH is 5. The highest BCUT2D eigenvalue weighted by Crippen LogP contribution is 2.22. The summed E-state index contributed by atoms with van der Waals surface area (Å²) in [7, 11) is 0. The van der Waals surface area contributed by atoms with Gasteiger partial charge in [0.15, 0.2) is 0 Å². The quantitative estimate of drug-likeness (QED) is 0.0262. The second kappa shape index (κ2) is 47.8. The standard InChI is InChI=1S/C62H110N20O20/c1-35-50(90)79-44(17-5-10-24-71-54(94)39(66)33-86)61(101)81-26-12-19-46(81)59(99)74-29-49(89)77-42(15-3-8-22-69-52(92)37(64)31-84)57(97)78-43(16-4-9-23-70-53(93)38(65)32-85)58(98)80-45(18-6-11-25-72-55(95)40(67)34-87)62(102)82-27-13-20-47(82)60(100)73-28-48(88)76-41(56(96)75-35)14-2-7-21-68-51(91)36(63)30-83/h35-47,83-87H,2-34,63-67H2,1H3,(H,68,91)(H,69,92)(H,70,93)(H,71,94)(H,72,95)(H,73,100)(H,74,99)(H,75,96)(H,76,88)(H,77,89)(H,78,97)(H,79,90)(H,80,98)/t35-,36?,37?,38?,39?,40?,41-,42-,43-,44-,45-,46-,47-/m0/s1. The minimum atomic E-state index is -1.51. The average molecular weight is 1460 g/mol. The van der Waals surface area contributed by atoms with Gasteiger partial charge >= 0.3 is 0 Å². The summed E-state index contributed by atoms with van der Waals surface area (Å²) in [5, 5.41) is 80.3. The van der Waals surface area contributed by atoms with Gasteiger partial charge in [0.05, 0.1) is 46.1 Å². The number of fused-ring (bicyclic) bond motifs is 2. The predicted molar refractivity (Wildman–Crippen MR) is 362 cm³/mol. The topological polar surface area (TPSA) is 650 Å². The van der Waals surface area contributed by atoms with Crippen LogP contribution in [0.5, 0.6) is 0 Å². The Morgan fingerprint density at radius 2 is 0.627 bits per heavy atom. The van der Waals surface area contributed by atoms with Crippen LogP contribution < -0.4 is 97.8 Å². The van der Waals surface area contributed by atoms with Crippen molar-refractivity contribution in [1.29, 1.82) is 0 Å². The number of rotatable bonds is 35. The maximum Gasteiger partial charge on any atom is 0.245 e. The summed E-state index contributed by atoms with van der Waals surface area (Å²) in [6.45, 7) is -3.35. The zero-order chi connectivity index (χ0) is 75.8. The molecule has 0 saturated carbocycles. The van der Waals surface area contributed by atoms with E-state index in [0.29, 0.717) is 0 Å². The van der Waals surface area contributed by atoms with Crippen LogP contribution in [0.15, 0.2) is 0 Å². The van der Waals surface area contributed by atoms with Gasteiger partial charge in [0.1, 0.15) is 78.5 Å². The monoisotopic (exact) mass is 1450 g/mol. The second-order valence-electron chi connectivity index (χ2n) is 25.3. The van der Waals surface area contributed by atoms with Crippen LogP contribution in [0.1, 0.15) is 129 Å². The van der Waals surface area contributed by atoms with Crippen molar-refractivity contribution in [2.24, 2.45) is 28.7 Å². The Kier molecular flexibility index (Phi) is 41.1. The Morgan fingerprint density at radius 1 is 0.373 bits per heavy atom. The van der Waals surface area contributed by atoms with Crippen LogP contribution in [0.25, 0.3) is 0 Å². The molecule has 40 heteroatoms. The lowest BCUT2D eigenvalue weighted by atomic mass is 10.0. The van der Waals surface area contributed by atoms with E-state index >= 15 is 0 Å². The molecule has 0 bridgehead atoms. The van der Waals surface area contributed by atoms with Crippen LogP contribution in [0, 0.1) is 0 Å². The van der Waals surface area contributed by atoms with Crippen molar-refractivity contribution in [1.82, 2.24) is 78.9 Å². The number of nitrogens with one attached hydrogen (secondary N) is 13. The summed E-state index contributed by atoms with van der Waals surface area (Å²) < 4.78 is 0. The Morgan fingerprint density at radius 3 is 0.922 bits per heavy atom. The number of aliphatic hydroxyl groups is 5. The molecule has 0 aromatic carbocycles. The first-order valence-corrected chi connectivity index (χ1v) is 34.8. The number of amides is 15. The van der Waals surface area contributed by atoms with Gasteiger partial charge in [-0.25, -0.2) is 0 Å². The normalized spacial score (nSPS) is 23.3. The molecular weight excluding hydrogens is 1340 g/mol. The Labute approximate surface area is 591 Å². The molecule has 0 spiro atoms. The van der Waals surface area contributed by atoms with Gasteiger partial charge in [-0.1, -0.05) is 0 Å². The fraction of sp³-hybridized carbons (Fsp3) is 0.758. The number of nitrogens with zero attached hydrogens (tertiary/aromatic N) is 2. The lowest BCUT2D eigenvalue weighted by Gasteiger charge is -2.30. The van der Waals surface area contributed by atoms with Crippen molar-refractivity contribution < 1.29 is 97.5 Å². The summed E-state index contributed by atoms with van der Waals surface area (Å²) in [6, 6.07) is -17.2. The van der Waals surface area contributed by atoms with Crippen LogP contribution in [0.2, 0.25) is 0 Å². The number of carbonyl (C=O) groups is 15. The van der Waals surface area contributed by atoms with Gasteiger partial charge in [0.2, 0.25) is 88.6 Å². The van der Waals surface area contributed by atoms with E-state index in [1.54, 1.807) is 0 Å². The van der Waals surface area contributed by atoms with E-state index in [1.165, 1.54) is 16.7 Å². The van der Waals surface area contributed by atoms with E-state index in [4.69, 9.17) is 28.7 Å². The minimum absolute atomic E-state index is 0.00169. The molecule has 578 valence electrons. The van der Waals surface area contributed by atoms with E-state index in [1.807, 2.05) is 0 Å². The third-order valence-corrected chi connectivity index (χ3v) is 17.2. The Hall–Kier alpha value is -8.35. The molecule has 3 aliphatic heterocycles. The van der Waals surface area contributed by atoms with Crippen molar-refractivity contribution in [3.63, 3.8) is 0 Å². The van der Waals surface area contributed by atoms with Gasteiger partial charge in [-0.15, -0.1) is 0 Å². The molecule has 0 radical (unpaired) electrons. The van der Waals surface area contributed by atoms with E-state index in [0.717, 1.165) is 0 Å². The Bertz CT molecular complexity index is 2790. The summed E-state index contributed by atoms with van der Waals surface area (Å²) in [4.78, 5) is 208. The van der Waals surface area contributed by atoms with Crippen LogP contribution in [0.3, 0.4) is 0 Å². The maximum atomic E-state index is 14.9. The summed E-state index contributed by atoms with van der Waals surface area (Å²) in [5.74, 6) is -11.9. The summed E-state index contributed by atoms with van der Waals surface area (Å²) >= 11 is 0. The van der Waals surface area contributed by atoms with E-state index in [-0.39, 0.29) is 168 Å². The molecule has 28 N–H and O–H groups in total. The van der Waals surface area contributed by atoms with E-state index in [9.17, 15) is 97.5 Å². The van der Waals surface area contributed by atoms with Crippen molar-refractivity contribution in [2.75, 3.05) is 91.9 Å². The van der Waals surface area contributed by atoms with Gasteiger partial charge in [-0.3, -0.25) is 71.9 Å². The van der Waals surface area contributed by atoms with Crippen LogP contribution in [0.4, 0.5) is 0 Å². The number of hydrogen-bond acceptors (Lipinski definition) is 25. The van der Waals surface area contributed by atoms with Crippen LogP contribution in [-0.2, 0) is 71.9 Å². The summed E-state index contributed by atoms with van der Waals surface area (Å²) in [5.41, 5.74) is 28.2. The third kappa shape index (κ3) is 31.1. The first-order chi connectivity index (χ1) is 48.6. The molecule has 3 rings (SSSR count). The zero-order valence-corrected chi connectivity index (χ0v) is 58.0. The predicted octanol–water partition coefficient (Wildman–Crippen LogP) is -11.8. The first kappa shape index (κ1) is 87.9. The molecular formula is C62H110N20O20. The lowest BCUT2D eigenvalue weighted by molar-refractivity contribution is -0.142. The van der Waals surface area contributed by atoms with Crippen LogP contribution >= 0.6 is 0 Å². The summed E-state index contributed by atoms with van der Waals surface area (Å²) in [6.07, 6.45) is 1.72. The average Bonchev–Trinajstić information content (AvgIpc) is 1.64. The smallest absolute Gasteiger partial charge is 0.245 e. The number of unbranched alkanes of at least 4 members (excludes halogenated alkanes) is 5. The molecule has 102 heavy (non-hydrogen) atoms. The van der Waals surface area contributed by atoms with Crippen molar-refractivity contribution in [3.05, 3.63) is 0 Å². The largest absolute Gasteiger partial charge is 0.394 e. The highest BCUT2D eigenvalue weighted by molar-refractivity contribution is 5.99. The van der Waals surface area contributed by atoms with Gasteiger partial charge in [0, 0.05) is 45.8 Å².